The summed E-state index contributed by atoms with van der Waals surface area (Å²) in [7, 11) is 0. The van der Waals surface area contributed by atoms with E-state index < -0.39 is 5.97 Å². The molecule has 1 aliphatic carbocycles. The van der Waals surface area contributed by atoms with Crippen molar-refractivity contribution in [2.45, 2.75) is 12.8 Å². The third-order valence-electron chi connectivity index (χ3n) is 2.88. The van der Waals surface area contributed by atoms with Crippen molar-refractivity contribution in [3.05, 3.63) is 17.7 Å². The van der Waals surface area contributed by atoms with Gasteiger partial charge in [0.05, 0.1) is 6.61 Å². The van der Waals surface area contributed by atoms with E-state index in [0.717, 1.165) is 12.8 Å². The van der Waals surface area contributed by atoms with Crippen molar-refractivity contribution in [2.75, 3.05) is 13.4 Å². The van der Waals surface area contributed by atoms with Gasteiger partial charge in [0.1, 0.15) is 11.3 Å². The van der Waals surface area contributed by atoms with Gasteiger partial charge in [-0.05, 0) is 18.8 Å². The van der Waals surface area contributed by atoms with Crippen LogP contribution < -0.4 is 14.2 Å². The number of fused-ring (bicyclic) bond motifs is 1. The fraction of sp³-hybridized carbons (Fsp3) is 0.417. The Morgan fingerprint density at radius 1 is 1.35 bits per heavy atom. The molecule has 0 unspecified atom stereocenters. The van der Waals surface area contributed by atoms with Crippen LogP contribution in [-0.2, 0) is 0 Å². The first-order valence-electron chi connectivity index (χ1n) is 5.54. The minimum atomic E-state index is -1.02. The molecule has 0 saturated heterocycles. The quantitative estimate of drug-likeness (QED) is 0.864. The van der Waals surface area contributed by atoms with Gasteiger partial charge in [-0.15, -0.1) is 0 Å². The molecule has 1 fully saturated rings. The number of rotatable bonds is 4. The summed E-state index contributed by atoms with van der Waals surface area (Å²) in [6.07, 6.45) is 2.32. The fourth-order valence-electron chi connectivity index (χ4n) is 1.70. The van der Waals surface area contributed by atoms with Crippen LogP contribution >= 0.6 is 0 Å². The van der Waals surface area contributed by atoms with E-state index in [1.165, 1.54) is 6.07 Å². The van der Waals surface area contributed by atoms with E-state index >= 15 is 0 Å². The topological polar surface area (TPSA) is 65.0 Å². The normalized spacial score (nSPS) is 16.9. The van der Waals surface area contributed by atoms with Gasteiger partial charge in [-0.3, -0.25) is 0 Å². The number of hydrogen-bond donors (Lipinski definition) is 1. The molecule has 2 aliphatic rings. The third kappa shape index (κ3) is 2.00. The van der Waals surface area contributed by atoms with Gasteiger partial charge in [0.25, 0.3) is 0 Å². The second-order valence-electron chi connectivity index (χ2n) is 4.26. The molecule has 5 heteroatoms. The zero-order valence-corrected chi connectivity index (χ0v) is 9.14. The van der Waals surface area contributed by atoms with Crippen LogP contribution in [0.2, 0.25) is 0 Å². The van der Waals surface area contributed by atoms with Crippen LogP contribution in [0, 0.1) is 5.92 Å². The summed E-state index contributed by atoms with van der Waals surface area (Å²) in [6.45, 7) is 0.695. The summed E-state index contributed by atoms with van der Waals surface area (Å²) < 4.78 is 15.9. The van der Waals surface area contributed by atoms with Crippen molar-refractivity contribution in [3.63, 3.8) is 0 Å². The van der Waals surface area contributed by atoms with Crippen LogP contribution in [-0.4, -0.2) is 24.5 Å². The number of carboxylic acid groups (broad SMARTS) is 1. The van der Waals surface area contributed by atoms with E-state index in [0.29, 0.717) is 29.8 Å². The zero-order chi connectivity index (χ0) is 11.8. The number of carbonyl (C=O) groups is 1. The second-order valence-corrected chi connectivity index (χ2v) is 4.26. The van der Waals surface area contributed by atoms with E-state index in [1.807, 2.05) is 0 Å². The molecule has 1 aromatic rings. The highest BCUT2D eigenvalue weighted by Gasteiger charge is 2.25. The maximum Gasteiger partial charge on any atom is 0.339 e. The Bertz CT molecular complexity index is 464. The lowest BCUT2D eigenvalue weighted by Crippen LogP contribution is -2.05. The molecule has 1 aliphatic heterocycles. The SMILES string of the molecule is O=C(O)c1cc2c(cc1OCC1CC1)OCO2. The first-order chi connectivity index (χ1) is 8.24. The summed E-state index contributed by atoms with van der Waals surface area (Å²) in [5.74, 6) is 0.909. The summed E-state index contributed by atoms with van der Waals surface area (Å²) in [5.41, 5.74) is 0.120. The molecule has 5 nitrogen and oxygen atoms in total. The monoisotopic (exact) mass is 236 g/mol. The Morgan fingerprint density at radius 3 is 2.71 bits per heavy atom. The molecule has 17 heavy (non-hydrogen) atoms. The van der Waals surface area contributed by atoms with Gasteiger partial charge < -0.3 is 19.3 Å². The van der Waals surface area contributed by atoms with Crippen molar-refractivity contribution >= 4 is 5.97 Å². The predicted molar refractivity (Wildman–Crippen MR) is 57.7 cm³/mol. The van der Waals surface area contributed by atoms with Gasteiger partial charge in [0, 0.05) is 12.1 Å². The third-order valence-corrected chi connectivity index (χ3v) is 2.88. The Labute approximate surface area is 97.9 Å². The van der Waals surface area contributed by atoms with Crippen molar-refractivity contribution in [1.29, 1.82) is 0 Å². The minimum absolute atomic E-state index is 0.120. The number of hydrogen-bond acceptors (Lipinski definition) is 4. The van der Waals surface area contributed by atoms with Gasteiger partial charge in [-0.25, -0.2) is 4.79 Å². The van der Waals surface area contributed by atoms with Crippen molar-refractivity contribution < 1.29 is 24.1 Å². The van der Waals surface area contributed by atoms with E-state index in [9.17, 15) is 4.79 Å². The van der Waals surface area contributed by atoms with Crippen LogP contribution in [0.5, 0.6) is 17.2 Å². The van der Waals surface area contributed by atoms with Crippen LogP contribution in [0.25, 0.3) is 0 Å². The van der Waals surface area contributed by atoms with Gasteiger partial charge >= 0.3 is 5.97 Å². The summed E-state index contributed by atoms with van der Waals surface area (Å²) >= 11 is 0. The lowest BCUT2D eigenvalue weighted by Gasteiger charge is -2.09. The van der Waals surface area contributed by atoms with Crippen molar-refractivity contribution in [1.82, 2.24) is 0 Å². The number of aromatic carboxylic acids is 1. The van der Waals surface area contributed by atoms with Crippen molar-refractivity contribution in [2.24, 2.45) is 5.92 Å². The molecule has 1 heterocycles. The molecule has 1 N–H and O–H groups in total. The van der Waals surface area contributed by atoms with E-state index in [2.05, 4.69) is 0 Å². The fourth-order valence-corrected chi connectivity index (χ4v) is 1.70. The summed E-state index contributed by atoms with van der Waals surface area (Å²) in [5, 5.41) is 9.10. The second kappa shape index (κ2) is 3.84. The highest BCUT2D eigenvalue weighted by atomic mass is 16.7. The zero-order valence-electron chi connectivity index (χ0n) is 9.14. The maximum absolute atomic E-state index is 11.1. The molecule has 0 aromatic heterocycles. The van der Waals surface area contributed by atoms with E-state index in [4.69, 9.17) is 19.3 Å². The van der Waals surface area contributed by atoms with E-state index in [1.54, 1.807) is 6.07 Å². The molecule has 0 atom stereocenters. The first-order valence-corrected chi connectivity index (χ1v) is 5.54. The largest absolute Gasteiger partial charge is 0.492 e. The smallest absolute Gasteiger partial charge is 0.339 e. The Kier molecular flexibility index (Phi) is 2.31. The Morgan fingerprint density at radius 2 is 2.06 bits per heavy atom. The number of ether oxygens (including phenoxy) is 3. The van der Waals surface area contributed by atoms with Gasteiger partial charge in [-0.2, -0.15) is 0 Å². The predicted octanol–water partition coefficient (Wildman–Crippen LogP) is 1.90. The minimum Gasteiger partial charge on any atom is -0.492 e. The molecule has 0 radical (unpaired) electrons. The average Bonchev–Trinajstić information content (AvgIpc) is 3.02. The lowest BCUT2D eigenvalue weighted by molar-refractivity contribution is 0.0691. The maximum atomic E-state index is 11.1. The summed E-state index contributed by atoms with van der Waals surface area (Å²) in [4.78, 5) is 11.1. The van der Waals surface area contributed by atoms with Gasteiger partial charge in [0.2, 0.25) is 6.79 Å². The molecule has 1 aromatic carbocycles. The molecular formula is C12H12O5. The standard InChI is InChI=1S/C12H12O5/c13-12(14)8-3-10-11(17-6-16-10)4-9(8)15-5-7-1-2-7/h3-4,7H,1-2,5-6H2,(H,13,14). The Hall–Kier alpha value is -1.91. The van der Waals surface area contributed by atoms with Crippen LogP contribution in [0.4, 0.5) is 0 Å². The van der Waals surface area contributed by atoms with Crippen LogP contribution in [0.1, 0.15) is 23.2 Å². The van der Waals surface area contributed by atoms with Gasteiger partial charge in [-0.1, -0.05) is 0 Å². The molecule has 3 rings (SSSR count). The number of benzene rings is 1. The highest BCUT2D eigenvalue weighted by Crippen LogP contribution is 2.39. The molecule has 0 spiro atoms. The average molecular weight is 236 g/mol. The van der Waals surface area contributed by atoms with Gasteiger partial charge in [0.15, 0.2) is 11.5 Å². The molecule has 0 bridgehead atoms. The molecule has 90 valence electrons. The highest BCUT2D eigenvalue weighted by molar-refractivity contribution is 5.92. The van der Waals surface area contributed by atoms with Crippen LogP contribution in [0.3, 0.4) is 0 Å². The Balaban J connectivity index is 1.89. The summed E-state index contributed by atoms with van der Waals surface area (Å²) in [6, 6.07) is 3.04. The number of carboxylic acids is 1. The van der Waals surface area contributed by atoms with E-state index in [-0.39, 0.29) is 12.4 Å². The molecule has 1 saturated carbocycles. The van der Waals surface area contributed by atoms with Crippen LogP contribution in [0.15, 0.2) is 12.1 Å². The molecular weight excluding hydrogens is 224 g/mol. The van der Waals surface area contributed by atoms with Crippen molar-refractivity contribution in [3.8, 4) is 17.2 Å². The first kappa shape index (κ1) is 10.3. The molecule has 0 amide bonds. The lowest BCUT2D eigenvalue weighted by atomic mass is 10.2.